The second kappa shape index (κ2) is 11.0. The average Bonchev–Trinajstić information content (AvgIpc) is 3.78. The molecule has 0 fully saturated rings. The third-order valence-corrected chi connectivity index (χ3v) is 14.7. The molecule has 0 unspecified atom stereocenters. The van der Waals surface area contributed by atoms with E-state index in [0.717, 1.165) is 24.3 Å². The Bertz CT molecular complexity index is 3090. The third-order valence-electron chi connectivity index (χ3n) is 10.9. The number of allylic oxidation sites excluding steroid dienone is 2. The molecule has 0 N–H and O–H groups in total. The smallest absolute Gasteiger partial charge is 0.218 e. The quantitative estimate of drug-likeness (QED) is 0.164. The van der Waals surface area contributed by atoms with Crippen molar-refractivity contribution < 1.29 is 43.2 Å². The van der Waals surface area contributed by atoms with Gasteiger partial charge in [-0.2, -0.15) is 26.3 Å². The van der Waals surface area contributed by atoms with Crippen LogP contribution in [0.3, 0.4) is 0 Å². The van der Waals surface area contributed by atoms with Gasteiger partial charge in [0.2, 0.25) is 19.7 Å². The van der Waals surface area contributed by atoms with Crippen LogP contribution in [0, 0.1) is 13.8 Å². The van der Waals surface area contributed by atoms with E-state index in [0.29, 0.717) is 43.5 Å². The van der Waals surface area contributed by atoms with Crippen molar-refractivity contribution in [3.63, 3.8) is 0 Å². The Kier molecular flexibility index (Phi) is 6.81. The zero-order valence-electron chi connectivity index (χ0n) is 29.1. The van der Waals surface area contributed by atoms with Crippen LogP contribution in [0.15, 0.2) is 119 Å². The summed E-state index contributed by atoms with van der Waals surface area (Å²) in [6, 6.07) is 26.3. The molecule has 0 saturated heterocycles. The molecule has 2 aliphatic carbocycles. The highest BCUT2D eigenvalue weighted by molar-refractivity contribution is 8.01. The van der Waals surface area contributed by atoms with E-state index >= 15 is 0 Å². The van der Waals surface area contributed by atoms with Gasteiger partial charge in [-0.1, -0.05) is 48.5 Å². The Hall–Kier alpha value is -5.72. The minimum Gasteiger partial charge on any atom is -0.218 e. The predicted molar refractivity (Wildman–Crippen MR) is 201 cm³/mol. The van der Waals surface area contributed by atoms with Gasteiger partial charge in [0.05, 0.1) is 30.7 Å². The lowest BCUT2D eigenvalue weighted by molar-refractivity contribution is -0.138. The normalized spacial score (nSPS) is 17.3. The molecule has 0 amide bonds. The lowest BCUT2D eigenvalue weighted by atomic mass is 9.91. The van der Waals surface area contributed by atoms with Crippen molar-refractivity contribution in [1.29, 1.82) is 0 Å². The topological polar surface area (TPSA) is 68.3 Å². The molecule has 12 heteroatoms. The van der Waals surface area contributed by atoms with Crippen molar-refractivity contribution in [3.8, 4) is 0 Å². The lowest BCUT2D eigenvalue weighted by Crippen LogP contribution is -2.16. The Morgan fingerprint density at radius 1 is 0.429 bits per heavy atom. The first-order valence-electron chi connectivity index (χ1n) is 17.3. The second-order valence-electron chi connectivity index (χ2n) is 14.5. The van der Waals surface area contributed by atoms with Crippen LogP contribution >= 0.6 is 0 Å². The van der Waals surface area contributed by atoms with Crippen LogP contribution < -0.4 is 10.4 Å². The molecule has 6 aromatic rings. The molecule has 278 valence electrons. The molecule has 4 aliphatic rings. The first-order chi connectivity index (χ1) is 26.4. The standard InChI is InChI=1S/C44H24F6O4S2/c1-21-11-25(15-27(13-21)43(45,46)47)37-31-17-23-20-34-32(18-24(23)19-33(31)41-39(37)29-7-3-5-9-35(29)55(41,51)52)38(26-12-22(2)14-28(16-26)44(48,49)50)40-30-8-4-6-10-36(30)56(53,54)42(34)40/h3-20H,1-2H3. The Labute approximate surface area is 315 Å². The van der Waals surface area contributed by atoms with Crippen molar-refractivity contribution in [2.24, 2.45) is 0 Å². The number of rotatable bonds is 2. The largest absolute Gasteiger partial charge is 0.416 e. The Morgan fingerprint density at radius 3 is 1.18 bits per heavy atom. The van der Waals surface area contributed by atoms with E-state index in [1.165, 1.54) is 26.0 Å². The van der Waals surface area contributed by atoms with E-state index in [4.69, 9.17) is 0 Å². The number of hydrogen-bond acceptors (Lipinski definition) is 4. The van der Waals surface area contributed by atoms with Gasteiger partial charge in [0, 0.05) is 33.4 Å². The average molecular weight is 795 g/mol. The van der Waals surface area contributed by atoms with E-state index < -0.39 is 43.2 Å². The number of aryl methyl sites for hydroxylation is 2. The summed E-state index contributed by atoms with van der Waals surface area (Å²) in [5.74, 6) is 0. The Morgan fingerprint density at radius 2 is 0.804 bits per heavy atom. The van der Waals surface area contributed by atoms with Gasteiger partial charge in [-0.3, -0.25) is 0 Å². The van der Waals surface area contributed by atoms with Crippen molar-refractivity contribution >= 4 is 62.5 Å². The molecule has 0 atom stereocenters. The predicted octanol–water partition coefficient (Wildman–Crippen LogP) is 9.23. The molecule has 2 aliphatic heterocycles. The van der Waals surface area contributed by atoms with Crippen molar-refractivity contribution in [3.05, 3.63) is 175 Å². The SMILES string of the molecule is Cc1cc(C2=c3cc4cc5c(cc4cc3C3=C2c2ccccc2S3(=O)=O)=C(c2cc(C)cc(C(F)(F)F)c2)C2=C5S(=O)(=O)c3ccccc32)cc(C(F)(F)F)c1. The number of sulfone groups is 2. The lowest BCUT2D eigenvalue weighted by Gasteiger charge is -2.15. The van der Waals surface area contributed by atoms with Gasteiger partial charge in [-0.05, 0) is 129 Å². The van der Waals surface area contributed by atoms with Crippen LogP contribution in [0.5, 0.6) is 0 Å². The first kappa shape index (κ1) is 34.7. The number of alkyl halides is 6. The molecule has 6 aromatic carbocycles. The van der Waals surface area contributed by atoms with E-state index in [-0.39, 0.29) is 64.1 Å². The summed E-state index contributed by atoms with van der Waals surface area (Å²) in [7, 11) is -8.33. The molecular formula is C44H24F6O4S2. The number of halogens is 6. The van der Waals surface area contributed by atoms with Crippen LogP contribution in [-0.2, 0) is 32.0 Å². The molecular weight excluding hydrogens is 771 g/mol. The van der Waals surface area contributed by atoms with Crippen molar-refractivity contribution in [1.82, 2.24) is 0 Å². The molecule has 0 spiro atoms. The molecule has 0 aromatic heterocycles. The van der Waals surface area contributed by atoms with Crippen molar-refractivity contribution in [2.45, 2.75) is 36.0 Å². The van der Waals surface area contributed by atoms with E-state index in [1.807, 2.05) is 0 Å². The first-order valence-corrected chi connectivity index (χ1v) is 20.3. The minimum absolute atomic E-state index is 0.0194. The maximum atomic E-state index is 14.3. The maximum absolute atomic E-state index is 14.3. The molecule has 0 bridgehead atoms. The molecule has 2 heterocycles. The second-order valence-corrected chi connectivity index (χ2v) is 18.2. The van der Waals surface area contributed by atoms with E-state index in [9.17, 15) is 43.2 Å². The van der Waals surface area contributed by atoms with Crippen LogP contribution in [0.25, 0.3) is 42.9 Å². The summed E-state index contributed by atoms with van der Waals surface area (Å²) in [4.78, 5) is -0.0798. The van der Waals surface area contributed by atoms with Gasteiger partial charge < -0.3 is 0 Å². The highest BCUT2D eigenvalue weighted by Gasteiger charge is 2.45. The fraction of sp³-hybridized carbons (Fsp3) is 0.0909. The van der Waals surface area contributed by atoms with Crippen LogP contribution in [0.4, 0.5) is 26.3 Å². The summed E-state index contributed by atoms with van der Waals surface area (Å²) in [5.41, 5.74) is 1.42. The molecule has 10 rings (SSSR count). The summed E-state index contributed by atoms with van der Waals surface area (Å²) in [6.07, 6.45) is -9.38. The van der Waals surface area contributed by atoms with Gasteiger partial charge in [-0.25, -0.2) is 16.8 Å². The summed E-state index contributed by atoms with van der Waals surface area (Å²) < 4.78 is 142. The summed E-state index contributed by atoms with van der Waals surface area (Å²) in [5, 5.41) is 1.61. The number of benzene rings is 6. The highest BCUT2D eigenvalue weighted by atomic mass is 32.2. The zero-order valence-corrected chi connectivity index (χ0v) is 30.7. The summed E-state index contributed by atoms with van der Waals surface area (Å²) >= 11 is 0. The summed E-state index contributed by atoms with van der Waals surface area (Å²) in [6.45, 7) is 3.05. The number of hydrogen-bond donors (Lipinski definition) is 0. The highest BCUT2D eigenvalue weighted by Crippen LogP contribution is 2.54. The van der Waals surface area contributed by atoms with E-state index in [2.05, 4.69) is 0 Å². The molecule has 56 heavy (non-hydrogen) atoms. The van der Waals surface area contributed by atoms with Crippen LogP contribution in [0.2, 0.25) is 0 Å². The van der Waals surface area contributed by atoms with Gasteiger partial charge in [-0.15, -0.1) is 0 Å². The zero-order chi connectivity index (χ0) is 39.4. The third kappa shape index (κ3) is 4.65. The molecule has 0 radical (unpaired) electrons. The Balaban J connectivity index is 1.34. The van der Waals surface area contributed by atoms with Gasteiger partial charge in [0.1, 0.15) is 0 Å². The fourth-order valence-corrected chi connectivity index (χ4v) is 12.5. The van der Waals surface area contributed by atoms with Gasteiger partial charge in [0.15, 0.2) is 0 Å². The van der Waals surface area contributed by atoms with Crippen molar-refractivity contribution in [2.75, 3.05) is 0 Å². The molecule has 0 saturated carbocycles. The van der Waals surface area contributed by atoms with Crippen LogP contribution in [-0.4, -0.2) is 16.8 Å². The van der Waals surface area contributed by atoms with E-state index in [1.54, 1.807) is 72.8 Å². The molecule has 4 nitrogen and oxygen atoms in total. The minimum atomic E-state index is -4.69. The maximum Gasteiger partial charge on any atom is 0.416 e. The van der Waals surface area contributed by atoms with Gasteiger partial charge in [0.25, 0.3) is 0 Å². The number of fused-ring (bicyclic) bond motifs is 9. The van der Waals surface area contributed by atoms with Gasteiger partial charge >= 0.3 is 12.4 Å². The van der Waals surface area contributed by atoms with Crippen LogP contribution in [0.1, 0.15) is 55.6 Å². The monoisotopic (exact) mass is 794 g/mol. The fourth-order valence-electron chi connectivity index (χ4n) is 8.79.